The molecule has 0 spiro atoms. The van der Waals surface area contributed by atoms with Crippen LogP contribution in [0.4, 0.5) is 0 Å². The van der Waals surface area contributed by atoms with Crippen LogP contribution in [-0.4, -0.2) is 28.3 Å². The predicted molar refractivity (Wildman–Crippen MR) is 76.3 cm³/mol. The lowest BCUT2D eigenvalue weighted by atomic mass is 9.84. The molecular formula is C13H22ClN3O2. The van der Waals surface area contributed by atoms with E-state index in [0.717, 1.165) is 25.9 Å². The van der Waals surface area contributed by atoms with Crippen molar-refractivity contribution in [2.75, 3.05) is 13.1 Å². The number of nitrogens with one attached hydrogen (secondary N) is 1. The second-order valence-corrected chi connectivity index (χ2v) is 4.90. The van der Waals surface area contributed by atoms with Crippen molar-refractivity contribution >= 4 is 12.4 Å². The molecule has 2 heterocycles. The molecule has 0 aliphatic carbocycles. The predicted octanol–water partition coefficient (Wildman–Crippen LogP) is 1.01. The van der Waals surface area contributed by atoms with Crippen molar-refractivity contribution in [2.45, 2.75) is 32.4 Å². The zero-order valence-electron chi connectivity index (χ0n) is 11.1. The van der Waals surface area contributed by atoms with Crippen LogP contribution in [0.25, 0.3) is 0 Å². The summed E-state index contributed by atoms with van der Waals surface area (Å²) in [6.07, 6.45) is 3.59. The number of halogens is 1. The van der Waals surface area contributed by atoms with Gasteiger partial charge in [-0.15, -0.1) is 12.4 Å². The van der Waals surface area contributed by atoms with E-state index in [2.05, 4.69) is 10.3 Å². The van der Waals surface area contributed by atoms with Crippen LogP contribution in [0.1, 0.15) is 35.7 Å². The zero-order chi connectivity index (χ0) is 13.1. The number of piperidine rings is 1. The molecule has 0 radical (unpaired) electrons. The summed E-state index contributed by atoms with van der Waals surface area (Å²) in [6, 6.07) is -0.240. The van der Waals surface area contributed by atoms with Gasteiger partial charge < -0.3 is 21.3 Å². The maximum Gasteiger partial charge on any atom is 0.141 e. The van der Waals surface area contributed by atoms with Crippen molar-refractivity contribution in [1.82, 2.24) is 10.3 Å². The fourth-order valence-corrected chi connectivity index (χ4v) is 2.59. The van der Waals surface area contributed by atoms with Crippen LogP contribution in [0.2, 0.25) is 0 Å². The van der Waals surface area contributed by atoms with E-state index in [0.29, 0.717) is 22.7 Å². The SMILES string of the molecule is Cc1ncc(CO)c([C@H](N)C2CCNCC2)c1O.Cl. The van der Waals surface area contributed by atoms with Crippen molar-refractivity contribution in [3.63, 3.8) is 0 Å². The number of hydrogen-bond donors (Lipinski definition) is 4. The number of aliphatic hydroxyl groups excluding tert-OH is 1. The summed E-state index contributed by atoms with van der Waals surface area (Å²) in [5.41, 5.74) is 8.14. The van der Waals surface area contributed by atoms with E-state index in [1.807, 2.05) is 0 Å². The topological polar surface area (TPSA) is 91.4 Å². The number of aryl methyl sites for hydroxylation is 1. The van der Waals surface area contributed by atoms with Gasteiger partial charge >= 0.3 is 0 Å². The highest BCUT2D eigenvalue weighted by Crippen LogP contribution is 2.35. The monoisotopic (exact) mass is 287 g/mol. The number of aromatic hydroxyl groups is 1. The third-order valence-corrected chi connectivity index (χ3v) is 3.75. The quantitative estimate of drug-likeness (QED) is 0.666. The molecule has 1 saturated heterocycles. The minimum absolute atomic E-state index is 0. The normalized spacial score (nSPS) is 17.8. The lowest BCUT2D eigenvalue weighted by Gasteiger charge is -2.30. The summed E-state index contributed by atoms with van der Waals surface area (Å²) in [5, 5.41) is 22.8. The van der Waals surface area contributed by atoms with Gasteiger partial charge in [-0.25, -0.2) is 0 Å². The fraction of sp³-hybridized carbons (Fsp3) is 0.615. The smallest absolute Gasteiger partial charge is 0.141 e. The lowest BCUT2D eigenvalue weighted by Crippen LogP contribution is -2.34. The summed E-state index contributed by atoms with van der Waals surface area (Å²) in [4.78, 5) is 4.06. The Hall–Kier alpha value is -0.880. The second-order valence-electron chi connectivity index (χ2n) is 4.90. The molecule has 1 atom stereocenters. The summed E-state index contributed by atoms with van der Waals surface area (Å²) in [5.74, 6) is 0.469. The van der Waals surface area contributed by atoms with E-state index < -0.39 is 0 Å². The van der Waals surface area contributed by atoms with E-state index >= 15 is 0 Å². The van der Waals surface area contributed by atoms with E-state index in [1.165, 1.54) is 0 Å². The van der Waals surface area contributed by atoms with Gasteiger partial charge in [-0.05, 0) is 38.8 Å². The molecule has 0 unspecified atom stereocenters. The van der Waals surface area contributed by atoms with Gasteiger partial charge in [0.05, 0.1) is 12.3 Å². The number of rotatable bonds is 3. The standard InChI is InChI=1S/C13H21N3O2.ClH/c1-8-13(18)11(10(7-17)6-16-8)12(14)9-2-4-15-5-3-9;/h6,9,12,15,17-18H,2-5,7,14H2,1H3;1H/t12-;/m1./s1. The first-order valence-corrected chi connectivity index (χ1v) is 6.39. The maximum atomic E-state index is 10.1. The number of hydrogen-bond acceptors (Lipinski definition) is 5. The Morgan fingerprint density at radius 3 is 2.68 bits per heavy atom. The van der Waals surface area contributed by atoms with Crippen molar-refractivity contribution < 1.29 is 10.2 Å². The zero-order valence-corrected chi connectivity index (χ0v) is 11.9. The van der Waals surface area contributed by atoms with Gasteiger partial charge in [0, 0.05) is 23.4 Å². The number of aromatic nitrogens is 1. The third-order valence-electron chi connectivity index (χ3n) is 3.75. The Kier molecular flexibility index (Phi) is 6.00. The molecule has 6 heteroatoms. The van der Waals surface area contributed by atoms with Crippen molar-refractivity contribution in [1.29, 1.82) is 0 Å². The van der Waals surface area contributed by atoms with Crippen LogP contribution in [-0.2, 0) is 6.61 Å². The molecule has 108 valence electrons. The highest BCUT2D eigenvalue weighted by Gasteiger charge is 2.26. The molecule has 19 heavy (non-hydrogen) atoms. The van der Waals surface area contributed by atoms with Gasteiger partial charge in [-0.3, -0.25) is 4.98 Å². The first-order chi connectivity index (χ1) is 8.65. The first kappa shape index (κ1) is 16.2. The average Bonchev–Trinajstić information content (AvgIpc) is 2.42. The Balaban J connectivity index is 0.00000180. The van der Waals surface area contributed by atoms with Crippen molar-refractivity contribution in [3.05, 3.63) is 23.0 Å². The van der Waals surface area contributed by atoms with Gasteiger partial charge in [-0.1, -0.05) is 0 Å². The maximum absolute atomic E-state index is 10.1. The van der Waals surface area contributed by atoms with Crippen LogP contribution in [0.5, 0.6) is 5.75 Å². The van der Waals surface area contributed by atoms with Gasteiger partial charge in [0.15, 0.2) is 0 Å². The number of pyridine rings is 1. The van der Waals surface area contributed by atoms with Crippen LogP contribution in [0, 0.1) is 12.8 Å². The van der Waals surface area contributed by atoms with Gasteiger partial charge in [-0.2, -0.15) is 0 Å². The second kappa shape index (κ2) is 7.05. The average molecular weight is 288 g/mol. The van der Waals surface area contributed by atoms with E-state index in [4.69, 9.17) is 5.73 Å². The molecule has 2 rings (SSSR count). The van der Waals surface area contributed by atoms with Crippen LogP contribution in [0.15, 0.2) is 6.20 Å². The summed E-state index contributed by atoms with van der Waals surface area (Å²) < 4.78 is 0. The number of nitrogens with two attached hydrogens (primary N) is 1. The highest BCUT2D eigenvalue weighted by molar-refractivity contribution is 5.85. The molecule has 0 saturated carbocycles. The Morgan fingerprint density at radius 2 is 2.11 bits per heavy atom. The highest BCUT2D eigenvalue weighted by atomic mass is 35.5. The van der Waals surface area contributed by atoms with E-state index in [-0.39, 0.29) is 30.8 Å². The lowest BCUT2D eigenvalue weighted by molar-refractivity contribution is 0.271. The fourth-order valence-electron chi connectivity index (χ4n) is 2.59. The van der Waals surface area contributed by atoms with E-state index in [1.54, 1.807) is 13.1 Å². The minimum atomic E-state index is -0.240. The Labute approximate surface area is 119 Å². The Bertz CT molecular complexity index is 423. The van der Waals surface area contributed by atoms with Gasteiger partial charge in [0.1, 0.15) is 5.75 Å². The number of aliphatic hydroxyl groups is 1. The molecule has 1 aromatic heterocycles. The molecule has 1 aliphatic heterocycles. The van der Waals surface area contributed by atoms with Gasteiger partial charge in [0.2, 0.25) is 0 Å². The van der Waals surface area contributed by atoms with Crippen molar-refractivity contribution in [3.8, 4) is 5.75 Å². The molecule has 0 bridgehead atoms. The van der Waals surface area contributed by atoms with Crippen LogP contribution < -0.4 is 11.1 Å². The summed E-state index contributed by atoms with van der Waals surface area (Å²) >= 11 is 0. The molecular weight excluding hydrogens is 266 g/mol. The Morgan fingerprint density at radius 1 is 1.47 bits per heavy atom. The van der Waals surface area contributed by atoms with Gasteiger partial charge in [0.25, 0.3) is 0 Å². The van der Waals surface area contributed by atoms with Crippen LogP contribution >= 0.6 is 12.4 Å². The molecule has 0 aromatic carbocycles. The van der Waals surface area contributed by atoms with E-state index in [9.17, 15) is 10.2 Å². The molecule has 1 aliphatic rings. The minimum Gasteiger partial charge on any atom is -0.506 e. The van der Waals surface area contributed by atoms with Crippen molar-refractivity contribution in [2.24, 2.45) is 11.7 Å². The summed E-state index contributed by atoms with van der Waals surface area (Å²) in [7, 11) is 0. The largest absolute Gasteiger partial charge is 0.506 e. The molecule has 1 fully saturated rings. The van der Waals surface area contributed by atoms with Crippen LogP contribution in [0.3, 0.4) is 0 Å². The third kappa shape index (κ3) is 3.36. The number of nitrogens with zero attached hydrogens (tertiary/aromatic N) is 1. The first-order valence-electron chi connectivity index (χ1n) is 6.39. The molecule has 5 nitrogen and oxygen atoms in total. The summed E-state index contributed by atoms with van der Waals surface area (Å²) in [6.45, 7) is 3.51. The molecule has 1 aromatic rings. The molecule has 5 N–H and O–H groups in total. The molecule has 0 amide bonds.